The van der Waals surface area contributed by atoms with E-state index < -0.39 is 11.7 Å². The van der Waals surface area contributed by atoms with Gasteiger partial charge in [0.25, 0.3) is 5.91 Å². The van der Waals surface area contributed by atoms with Crippen LogP contribution in [0.15, 0.2) is 36.4 Å². The van der Waals surface area contributed by atoms with Gasteiger partial charge >= 0.3 is 0 Å². The third kappa shape index (κ3) is 5.28. The second kappa shape index (κ2) is 8.78. The summed E-state index contributed by atoms with van der Waals surface area (Å²) in [7, 11) is 0. The molecule has 0 unspecified atom stereocenters. The highest BCUT2D eigenvalue weighted by atomic mass is 35.5. The van der Waals surface area contributed by atoms with E-state index in [0.29, 0.717) is 28.1 Å². The second-order valence-electron chi connectivity index (χ2n) is 4.63. The van der Waals surface area contributed by atoms with E-state index >= 15 is 0 Å². The number of amides is 1. The molecule has 0 heterocycles. The molecular weight excluding hydrogens is 380 g/mol. The first-order chi connectivity index (χ1) is 11.0. The van der Waals surface area contributed by atoms with Gasteiger partial charge in [0.15, 0.2) is 0 Å². The number of thioether (sulfide) groups is 1. The van der Waals surface area contributed by atoms with Crippen LogP contribution in [0.4, 0.5) is 4.39 Å². The van der Waals surface area contributed by atoms with Crippen molar-refractivity contribution in [2.45, 2.75) is 5.75 Å². The Balaban J connectivity index is 1.78. The van der Waals surface area contributed by atoms with Crippen molar-refractivity contribution in [3.05, 3.63) is 68.4 Å². The highest BCUT2D eigenvalue weighted by Gasteiger charge is 2.11. The zero-order valence-corrected chi connectivity index (χ0v) is 15.0. The second-order valence-corrected chi connectivity index (χ2v) is 6.99. The molecule has 2 nitrogen and oxygen atoms in total. The van der Waals surface area contributed by atoms with Crippen molar-refractivity contribution in [1.29, 1.82) is 0 Å². The molecule has 0 radical (unpaired) electrons. The average Bonchev–Trinajstić information content (AvgIpc) is 2.49. The Bertz CT molecular complexity index is 691. The topological polar surface area (TPSA) is 29.1 Å². The van der Waals surface area contributed by atoms with Crippen LogP contribution in [0.2, 0.25) is 15.1 Å². The number of halogens is 4. The number of rotatable bonds is 6. The first-order valence-corrected chi connectivity index (χ1v) is 9.02. The molecule has 1 N–H and O–H groups in total. The van der Waals surface area contributed by atoms with Crippen molar-refractivity contribution in [2.75, 3.05) is 12.3 Å². The van der Waals surface area contributed by atoms with Crippen LogP contribution < -0.4 is 5.32 Å². The molecule has 0 spiro atoms. The van der Waals surface area contributed by atoms with Crippen LogP contribution in [0.3, 0.4) is 0 Å². The number of nitrogens with one attached hydrogen (secondary N) is 1. The van der Waals surface area contributed by atoms with Crippen molar-refractivity contribution < 1.29 is 9.18 Å². The Morgan fingerprint density at radius 1 is 1.13 bits per heavy atom. The third-order valence-electron chi connectivity index (χ3n) is 3.02. The lowest BCUT2D eigenvalue weighted by Crippen LogP contribution is -2.26. The molecule has 23 heavy (non-hydrogen) atoms. The van der Waals surface area contributed by atoms with Gasteiger partial charge in [0.1, 0.15) is 5.82 Å². The highest BCUT2D eigenvalue weighted by molar-refractivity contribution is 7.98. The molecule has 7 heteroatoms. The number of hydrogen-bond donors (Lipinski definition) is 1. The summed E-state index contributed by atoms with van der Waals surface area (Å²) in [5, 5.41) is 4.17. The number of hydrogen-bond acceptors (Lipinski definition) is 2. The van der Waals surface area contributed by atoms with Crippen LogP contribution in [0, 0.1) is 5.82 Å². The minimum atomic E-state index is -0.634. The lowest BCUT2D eigenvalue weighted by Gasteiger charge is -2.08. The van der Waals surface area contributed by atoms with Crippen LogP contribution in [0.25, 0.3) is 0 Å². The minimum absolute atomic E-state index is 0.0199. The van der Waals surface area contributed by atoms with E-state index in [1.54, 1.807) is 30.0 Å². The Morgan fingerprint density at radius 3 is 2.48 bits per heavy atom. The smallest absolute Gasteiger partial charge is 0.254 e. The lowest BCUT2D eigenvalue weighted by atomic mass is 10.2. The summed E-state index contributed by atoms with van der Waals surface area (Å²) in [4.78, 5) is 11.9. The quantitative estimate of drug-likeness (QED) is 0.662. The minimum Gasteiger partial charge on any atom is -0.351 e. The van der Waals surface area contributed by atoms with Gasteiger partial charge in [-0.3, -0.25) is 4.79 Å². The lowest BCUT2D eigenvalue weighted by molar-refractivity contribution is 0.0952. The summed E-state index contributed by atoms with van der Waals surface area (Å²) in [6, 6.07) is 9.32. The molecule has 0 fully saturated rings. The van der Waals surface area contributed by atoms with Gasteiger partial charge in [0.05, 0.1) is 5.56 Å². The molecule has 122 valence electrons. The van der Waals surface area contributed by atoms with Gasteiger partial charge in [-0.05, 0) is 35.9 Å². The van der Waals surface area contributed by atoms with Gasteiger partial charge in [-0.1, -0.05) is 40.9 Å². The summed E-state index contributed by atoms with van der Waals surface area (Å²) in [5.41, 5.74) is 0.851. The Hall–Kier alpha value is -0.940. The zero-order chi connectivity index (χ0) is 16.8. The predicted octanol–water partition coefficient (Wildman–Crippen LogP) is 5.45. The summed E-state index contributed by atoms with van der Waals surface area (Å²) < 4.78 is 13.6. The van der Waals surface area contributed by atoms with Gasteiger partial charge in [-0.2, -0.15) is 11.8 Å². The average molecular weight is 393 g/mol. The molecule has 0 aliphatic heterocycles. The Kier molecular flexibility index (Phi) is 7.03. The van der Waals surface area contributed by atoms with Crippen LogP contribution in [-0.4, -0.2) is 18.2 Å². The molecule has 2 rings (SSSR count). The predicted molar refractivity (Wildman–Crippen MR) is 96.4 cm³/mol. The van der Waals surface area contributed by atoms with Gasteiger partial charge in [-0.15, -0.1) is 0 Å². The standard InChI is InChI=1S/C16H13Cl3FNOS/c17-10-4-5-11(15(20)8-10)16(22)21-6-7-23-9-12-13(18)2-1-3-14(12)19/h1-5,8H,6-7,9H2,(H,21,22). The first-order valence-electron chi connectivity index (χ1n) is 6.73. The summed E-state index contributed by atoms with van der Waals surface area (Å²) in [6.07, 6.45) is 0. The molecule has 2 aromatic carbocycles. The summed E-state index contributed by atoms with van der Waals surface area (Å²) in [6.45, 7) is 0.410. The van der Waals surface area contributed by atoms with Crippen LogP contribution in [-0.2, 0) is 5.75 Å². The first kappa shape index (κ1) is 18.4. The molecule has 0 saturated carbocycles. The van der Waals surface area contributed by atoms with Crippen molar-refractivity contribution in [3.8, 4) is 0 Å². The maximum atomic E-state index is 13.6. The van der Waals surface area contributed by atoms with Crippen LogP contribution in [0.5, 0.6) is 0 Å². The molecule has 0 aliphatic carbocycles. The normalized spacial score (nSPS) is 10.6. The fourth-order valence-corrected chi connectivity index (χ4v) is 3.60. The molecule has 2 aromatic rings. The van der Waals surface area contributed by atoms with E-state index in [4.69, 9.17) is 34.8 Å². The maximum Gasteiger partial charge on any atom is 0.254 e. The third-order valence-corrected chi connectivity index (χ3v) is 4.94. The molecular formula is C16H13Cl3FNOS. The van der Waals surface area contributed by atoms with Crippen molar-refractivity contribution in [3.63, 3.8) is 0 Å². The van der Waals surface area contributed by atoms with Crippen molar-refractivity contribution in [1.82, 2.24) is 5.32 Å². The molecule has 0 aromatic heterocycles. The van der Waals surface area contributed by atoms with E-state index in [-0.39, 0.29) is 10.6 Å². The Morgan fingerprint density at radius 2 is 1.83 bits per heavy atom. The van der Waals surface area contributed by atoms with E-state index in [0.717, 1.165) is 11.6 Å². The Labute approximate surface area is 153 Å². The monoisotopic (exact) mass is 391 g/mol. The van der Waals surface area contributed by atoms with Gasteiger partial charge in [-0.25, -0.2) is 4.39 Å². The fourth-order valence-electron chi connectivity index (χ4n) is 1.85. The van der Waals surface area contributed by atoms with E-state index in [1.807, 2.05) is 0 Å². The van der Waals surface area contributed by atoms with Gasteiger partial charge in [0, 0.05) is 33.1 Å². The molecule has 1 amide bonds. The van der Waals surface area contributed by atoms with Gasteiger partial charge in [0.2, 0.25) is 0 Å². The fraction of sp³-hybridized carbons (Fsp3) is 0.188. The van der Waals surface area contributed by atoms with Crippen LogP contribution in [0.1, 0.15) is 15.9 Å². The van der Waals surface area contributed by atoms with E-state index in [9.17, 15) is 9.18 Å². The van der Waals surface area contributed by atoms with Crippen LogP contribution >= 0.6 is 46.6 Å². The van der Waals surface area contributed by atoms with E-state index in [2.05, 4.69) is 5.32 Å². The zero-order valence-electron chi connectivity index (χ0n) is 11.9. The molecule has 0 bridgehead atoms. The maximum absolute atomic E-state index is 13.6. The number of carbonyl (C=O) groups is 1. The number of benzene rings is 2. The summed E-state index contributed by atoms with van der Waals surface area (Å²) in [5.74, 6) is 0.202. The number of carbonyl (C=O) groups excluding carboxylic acids is 1. The van der Waals surface area contributed by atoms with Crippen molar-refractivity contribution in [2.24, 2.45) is 0 Å². The molecule has 0 atom stereocenters. The molecule has 0 aliphatic rings. The van der Waals surface area contributed by atoms with E-state index in [1.165, 1.54) is 12.1 Å². The largest absolute Gasteiger partial charge is 0.351 e. The molecule has 0 saturated heterocycles. The SMILES string of the molecule is O=C(NCCSCc1c(Cl)cccc1Cl)c1ccc(Cl)cc1F. The van der Waals surface area contributed by atoms with Gasteiger partial charge < -0.3 is 5.32 Å². The highest BCUT2D eigenvalue weighted by Crippen LogP contribution is 2.28. The van der Waals surface area contributed by atoms with Crippen molar-refractivity contribution >= 4 is 52.5 Å². The summed E-state index contributed by atoms with van der Waals surface area (Å²) >= 11 is 19.4.